The number of aromatic nitrogens is 1. The molecule has 3 aliphatic rings. The van der Waals surface area contributed by atoms with Crippen molar-refractivity contribution < 1.29 is 18.7 Å². The molecule has 2 amide bonds. The number of benzene rings is 2. The zero-order valence-electron chi connectivity index (χ0n) is 19.3. The number of nitrogens with one attached hydrogen (secondary N) is 1. The number of anilines is 2. The van der Waals surface area contributed by atoms with Crippen LogP contribution in [-0.4, -0.2) is 67.3 Å². The number of pyridine rings is 1. The number of hydrogen-bond acceptors (Lipinski definition) is 5. The number of hydrogen-bond donors (Lipinski definition) is 2. The number of urea groups is 1. The summed E-state index contributed by atoms with van der Waals surface area (Å²) < 4.78 is 29.7. The van der Waals surface area contributed by atoms with E-state index < -0.39 is 11.6 Å². The van der Waals surface area contributed by atoms with Gasteiger partial charge in [0.1, 0.15) is 23.2 Å². The summed E-state index contributed by atoms with van der Waals surface area (Å²) in [7, 11) is 1.66. The molecular formula is C26H25F2N5O2. The predicted octanol–water partition coefficient (Wildman–Crippen LogP) is 3.68. The molecule has 35 heavy (non-hydrogen) atoms. The molecule has 0 atom stereocenters. The molecule has 2 aromatic carbocycles. The van der Waals surface area contributed by atoms with Crippen molar-refractivity contribution in [1.29, 1.82) is 0 Å². The van der Waals surface area contributed by atoms with Crippen LogP contribution >= 0.6 is 0 Å². The van der Waals surface area contributed by atoms with Crippen LogP contribution < -0.4 is 15.1 Å². The van der Waals surface area contributed by atoms with Gasteiger partial charge in [0.15, 0.2) is 0 Å². The Morgan fingerprint density at radius 3 is 2.31 bits per heavy atom. The van der Waals surface area contributed by atoms with E-state index in [4.69, 9.17) is 0 Å². The molecule has 0 bridgehead atoms. The van der Waals surface area contributed by atoms with Gasteiger partial charge in [-0.05, 0) is 47.5 Å². The van der Waals surface area contributed by atoms with Crippen LogP contribution in [0.5, 0.6) is 5.75 Å². The van der Waals surface area contributed by atoms with Crippen LogP contribution in [0.3, 0.4) is 0 Å². The number of halogens is 2. The molecule has 1 aromatic heterocycles. The Hall–Kier alpha value is -3.72. The average molecular weight is 478 g/mol. The maximum atomic E-state index is 15.0. The first-order chi connectivity index (χ1) is 16.8. The summed E-state index contributed by atoms with van der Waals surface area (Å²) in [6.07, 6.45) is 1.65. The SMILES string of the molecule is CN1CCN(c2ccc(-c3cc(F)cc(-c4ccnc(N5CC6(CNC6)C5)c4)c3O)cc2F)C1=O. The van der Waals surface area contributed by atoms with Crippen molar-refractivity contribution in [2.75, 3.05) is 56.1 Å². The van der Waals surface area contributed by atoms with Gasteiger partial charge in [-0.15, -0.1) is 0 Å². The molecule has 2 N–H and O–H groups in total. The molecule has 3 aliphatic heterocycles. The van der Waals surface area contributed by atoms with Crippen LogP contribution in [0.2, 0.25) is 0 Å². The van der Waals surface area contributed by atoms with Gasteiger partial charge in [0.2, 0.25) is 0 Å². The van der Waals surface area contributed by atoms with E-state index in [0.717, 1.165) is 32.0 Å². The number of nitrogens with zero attached hydrogens (tertiary/aromatic N) is 4. The summed E-state index contributed by atoms with van der Waals surface area (Å²) in [4.78, 5) is 21.8. The van der Waals surface area contributed by atoms with Crippen molar-refractivity contribution in [1.82, 2.24) is 15.2 Å². The number of phenolic OH excluding ortho intramolecular Hbond substituents is 1. The topological polar surface area (TPSA) is 71.9 Å². The average Bonchev–Trinajstić information content (AvgIpc) is 3.11. The zero-order chi connectivity index (χ0) is 24.3. The quantitative estimate of drug-likeness (QED) is 0.600. The fraction of sp³-hybridized carbons (Fsp3) is 0.308. The molecule has 6 rings (SSSR count). The fourth-order valence-corrected chi connectivity index (χ4v) is 5.19. The van der Waals surface area contributed by atoms with E-state index in [9.17, 15) is 14.3 Å². The van der Waals surface area contributed by atoms with Crippen molar-refractivity contribution in [3.63, 3.8) is 0 Å². The molecule has 1 spiro atoms. The second-order valence-corrected chi connectivity index (χ2v) is 9.73. The summed E-state index contributed by atoms with van der Waals surface area (Å²) in [5.41, 5.74) is 1.93. The smallest absolute Gasteiger partial charge is 0.324 e. The predicted molar refractivity (Wildman–Crippen MR) is 130 cm³/mol. The molecule has 180 valence electrons. The van der Waals surface area contributed by atoms with Gasteiger partial charge in [-0.2, -0.15) is 0 Å². The maximum Gasteiger partial charge on any atom is 0.324 e. The lowest BCUT2D eigenvalue weighted by Gasteiger charge is -2.56. The highest BCUT2D eigenvalue weighted by molar-refractivity contribution is 5.94. The van der Waals surface area contributed by atoms with Crippen molar-refractivity contribution in [3.05, 3.63) is 60.3 Å². The highest BCUT2D eigenvalue weighted by Crippen LogP contribution is 2.42. The third kappa shape index (κ3) is 3.58. The summed E-state index contributed by atoms with van der Waals surface area (Å²) >= 11 is 0. The molecule has 0 radical (unpaired) electrons. The molecular weight excluding hydrogens is 452 g/mol. The number of amides is 2. The Balaban J connectivity index is 1.32. The van der Waals surface area contributed by atoms with Crippen molar-refractivity contribution in [2.45, 2.75) is 0 Å². The van der Waals surface area contributed by atoms with Gasteiger partial charge in [-0.1, -0.05) is 6.07 Å². The standard InChI is InChI=1S/C26H25F2N5O2/c1-31-6-7-33(25(31)35)22-3-2-16(8-21(22)28)19-10-18(27)11-20(24(19)34)17-4-5-30-23(9-17)32-14-26(15-32)12-29-13-26/h2-5,8-11,29,34H,6-7,12-15H2,1H3. The number of carbonyl (C=O) groups is 1. The summed E-state index contributed by atoms with van der Waals surface area (Å²) in [5.74, 6) is -0.521. The normalized spacial score (nSPS) is 18.7. The minimum absolute atomic E-state index is 0.143. The lowest BCUT2D eigenvalue weighted by molar-refractivity contribution is 0.120. The highest BCUT2D eigenvalue weighted by Gasteiger charge is 2.48. The van der Waals surface area contributed by atoms with Crippen molar-refractivity contribution >= 4 is 17.5 Å². The molecule has 3 saturated heterocycles. The lowest BCUT2D eigenvalue weighted by atomic mass is 9.74. The highest BCUT2D eigenvalue weighted by atomic mass is 19.1. The number of aromatic hydroxyl groups is 1. The molecule has 0 unspecified atom stereocenters. The van der Waals surface area contributed by atoms with Crippen LogP contribution in [-0.2, 0) is 0 Å². The van der Waals surface area contributed by atoms with Gasteiger partial charge in [0.25, 0.3) is 0 Å². The van der Waals surface area contributed by atoms with Crippen LogP contribution in [0.25, 0.3) is 22.3 Å². The van der Waals surface area contributed by atoms with E-state index >= 15 is 4.39 Å². The Bertz CT molecular complexity index is 1340. The van der Waals surface area contributed by atoms with Crippen LogP contribution in [0.4, 0.5) is 25.1 Å². The second-order valence-electron chi connectivity index (χ2n) is 9.73. The van der Waals surface area contributed by atoms with E-state index in [0.29, 0.717) is 35.2 Å². The minimum Gasteiger partial charge on any atom is -0.507 e. The van der Waals surface area contributed by atoms with Gasteiger partial charge in [-0.25, -0.2) is 18.6 Å². The van der Waals surface area contributed by atoms with E-state index in [2.05, 4.69) is 15.2 Å². The fourth-order valence-electron chi connectivity index (χ4n) is 5.19. The Kier molecular flexibility index (Phi) is 4.93. The first-order valence-electron chi connectivity index (χ1n) is 11.6. The van der Waals surface area contributed by atoms with Gasteiger partial charge >= 0.3 is 6.03 Å². The molecule has 7 nitrogen and oxygen atoms in total. The molecule has 3 aromatic rings. The summed E-state index contributed by atoms with van der Waals surface area (Å²) in [6.45, 7) is 4.75. The number of phenols is 1. The third-order valence-electron chi connectivity index (χ3n) is 7.27. The second kappa shape index (κ2) is 7.91. The molecule has 0 saturated carbocycles. The third-order valence-corrected chi connectivity index (χ3v) is 7.27. The monoisotopic (exact) mass is 477 g/mol. The Morgan fingerprint density at radius 2 is 1.71 bits per heavy atom. The first-order valence-corrected chi connectivity index (χ1v) is 11.6. The number of rotatable bonds is 4. The molecule has 4 heterocycles. The zero-order valence-corrected chi connectivity index (χ0v) is 19.3. The van der Waals surface area contributed by atoms with Gasteiger partial charge < -0.3 is 20.2 Å². The van der Waals surface area contributed by atoms with Crippen molar-refractivity contribution in [3.8, 4) is 28.0 Å². The van der Waals surface area contributed by atoms with Gasteiger partial charge in [0.05, 0.1) is 5.69 Å². The number of carbonyl (C=O) groups excluding carboxylic acids is 1. The summed E-state index contributed by atoms with van der Waals surface area (Å²) in [6, 6.07) is 10.1. The minimum atomic E-state index is -0.611. The first kappa shape index (κ1) is 21.8. The Labute approximate surface area is 201 Å². The number of likely N-dealkylation sites (N-methyl/N-ethyl adjacent to an activating group) is 1. The summed E-state index contributed by atoms with van der Waals surface area (Å²) in [5, 5.41) is 14.4. The van der Waals surface area contributed by atoms with E-state index in [1.807, 2.05) is 6.07 Å². The van der Waals surface area contributed by atoms with E-state index in [1.54, 1.807) is 25.4 Å². The van der Waals surface area contributed by atoms with Crippen LogP contribution in [0.1, 0.15) is 0 Å². The van der Waals surface area contributed by atoms with Crippen LogP contribution in [0.15, 0.2) is 48.7 Å². The Morgan fingerprint density at radius 1 is 1.00 bits per heavy atom. The molecule has 0 aliphatic carbocycles. The van der Waals surface area contributed by atoms with Crippen LogP contribution in [0, 0.1) is 17.0 Å². The molecule has 3 fully saturated rings. The van der Waals surface area contributed by atoms with E-state index in [1.165, 1.54) is 34.1 Å². The van der Waals surface area contributed by atoms with Crippen molar-refractivity contribution in [2.24, 2.45) is 5.41 Å². The largest absolute Gasteiger partial charge is 0.507 e. The maximum absolute atomic E-state index is 15.0. The molecule has 9 heteroatoms. The lowest BCUT2D eigenvalue weighted by Crippen LogP contribution is -2.71. The van der Waals surface area contributed by atoms with Gasteiger partial charge in [-0.3, -0.25) is 4.90 Å². The van der Waals surface area contributed by atoms with Gasteiger partial charge in [0, 0.05) is 69.1 Å². The van der Waals surface area contributed by atoms with E-state index in [-0.39, 0.29) is 23.0 Å².